The first-order valence-electron chi connectivity index (χ1n) is 7.45. The molecule has 0 radical (unpaired) electrons. The molecule has 0 heterocycles. The minimum atomic E-state index is 1.05. The van der Waals surface area contributed by atoms with Gasteiger partial charge >= 0.3 is 0 Å². The van der Waals surface area contributed by atoms with Crippen LogP contribution in [0.15, 0.2) is 66.7 Å². The van der Waals surface area contributed by atoms with Gasteiger partial charge in [-0.2, -0.15) is 0 Å². The van der Waals surface area contributed by atoms with Gasteiger partial charge in [-0.25, -0.2) is 0 Å². The Morgan fingerprint density at radius 3 is 2.29 bits per heavy atom. The van der Waals surface area contributed by atoms with Gasteiger partial charge in [-0.05, 0) is 49.9 Å². The Labute approximate surface area is 123 Å². The van der Waals surface area contributed by atoms with E-state index in [1.807, 2.05) is 0 Å². The number of hydrogen-bond donors (Lipinski definition) is 0. The summed E-state index contributed by atoms with van der Waals surface area (Å²) in [5.74, 6) is 0. The highest BCUT2D eigenvalue weighted by Crippen LogP contribution is 2.40. The maximum atomic E-state index is 2.29. The smallest absolute Gasteiger partial charge is 0.00577 e. The van der Waals surface area contributed by atoms with Crippen molar-refractivity contribution in [1.29, 1.82) is 0 Å². The Bertz CT molecular complexity index is 1050. The number of benzene rings is 4. The largest absolute Gasteiger partial charge is 0.0795 e. The molecule has 0 saturated heterocycles. The lowest BCUT2D eigenvalue weighted by atomic mass is 9.90. The normalized spacial score (nSPS) is 13.3. The summed E-state index contributed by atoms with van der Waals surface area (Å²) in [7, 11) is 0. The topological polar surface area (TPSA) is 0 Å². The fraction of sp³-hybridized carbons (Fsp3) is 0.0476. The molecule has 0 saturated carbocycles. The molecule has 5 rings (SSSR count). The fourth-order valence-corrected chi connectivity index (χ4v) is 3.77. The maximum absolute atomic E-state index is 2.29. The average Bonchev–Trinajstić information content (AvgIpc) is 3.04. The van der Waals surface area contributed by atoms with Crippen molar-refractivity contribution in [2.24, 2.45) is 0 Å². The maximum Gasteiger partial charge on any atom is -0.00577 e. The summed E-state index contributed by atoms with van der Waals surface area (Å²) in [4.78, 5) is 0. The van der Waals surface area contributed by atoms with E-state index in [2.05, 4.69) is 72.8 Å². The van der Waals surface area contributed by atoms with E-state index in [0.717, 1.165) is 6.42 Å². The van der Waals surface area contributed by atoms with Crippen molar-refractivity contribution >= 4 is 38.4 Å². The highest BCUT2D eigenvalue weighted by molar-refractivity contribution is 6.21. The SMILES string of the molecule is C1=Cc2c(c3c4ccccc4ccc3c3ccccc23)C1. The van der Waals surface area contributed by atoms with Crippen LogP contribution in [0.3, 0.4) is 0 Å². The molecule has 4 aromatic carbocycles. The predicted octanol–water partition coefficient (Wildman–Crippen LogP) is 5.72. The van der Waals surface area contributed by atoms with Crippen LogP contribution in [-0.2, 0) is 6.42 Å². The molecular formula is C21H14. The lowest BCUT2D eigenvalue weighted by Gasteiger charge is -2.13. The zero-order valence-electron chi connectivity index (χ0n) is 11.6. The molecule has 0 aromatic heterocycles. The van der Waals surface area contributed by atoms with Gasteiger partial charge in [0.2, 0.25) is 0 Å². The lowest BCUT2D eigenvalue weighted by Crippen LogP contribution is -1.90. The molecule has 0 amide bonds. The summed E-state index contributed by atoms with van der Waals surface area (Å²) in [6.45, 7) is 0. The minimum absolute atomic E-state index is 1.05. The standard InChI is InChI=1S/C21H14/c1-2-7-15-14(6-1)12-13-20-17-9-4-3-8-16(17)18-10-5-11-19(18)21(15)20/h1-10,12-13H,11H2. The van der Waals surface area contributed by atoms with Crippen molar-refractivity contribution in [1.82, 2.24) is 0 Å². The molecule has 0 spiro atoms. The summed E-state index contributed by atoms with van der Waals surface area (Å²) < 4.78 is 0. The van der Waals surface area contributed by atoms with Crippen molar-refractivity contribution in [3.8, 4) is 0 Å². The second-order valence-corrected chi connectivity index (χ2v) is 5.75. The van der Waals surface area contributed by atoms with Crippen LogP contribution in [-0.4, -0.2) is 0 Å². The Balaban J connectivity index is 2.16. The third-order valence-electron chi connectivity index (χ3n) is 4.67. The van der Waals surface area contributed by atoms with Crippen LogP contribution < -0.4 is 0 Å². The van der Waals surface area contributed by atoms with Crippen molar-refractivity contribution in [2.45, 2.75) is 6.42 Å². The van der Waals surface area contributed by atoms with Crippen LogP contribution in [0.25, 0.3) is 38.4 Å². The molecule has 1 aliphatic carbocycles. The van der Waals surface area contributed by atoms with Crippen molar-refractivity contribution in [3.05, 3.63) is 77.9 Å². The van der Waals surface area contributed by atoms with E-state index in [4.69, 9.17) is 0 Å². The highest BCUT2D eigenvalue weighted by atomic mass is 14.2. The zero-order chi connectivity index (χ0) is 13.8. The van der Waals surface area contributed by atoms with Gasteiger partial charge < -0.3 is 0 Å². The first-order valence-corrected chi connectivity index (χ1v) is 7.45. The van der Waals surface area contributed by atoms with E-state index in [1.165, 1.54) is 43.4 Å². The second-order valence-electron chi connectivity index (χ2n) is 5.75. The number of allylic oxidation sites excluding steroid dienone is 1. The Morgan fingerprint density at radius 2 is 1.38 bits per heavy atom. The van der Waals surface area contributed by atoms with Crippen molar-refractivity contribution in [3.63, 3.8) is 0 Å². The molecule has 1 aliphatic rings. The summed E-state index contributed by atoms with van der Waals surface area (Å²) in [5.41, 5.74) is 2.90. The summed E-state index contributed by atoms with van der Waals surface area (Å²) in [6, 6.07) is 22.0. The van der Waals surface area contributed by atoms with Crippen molar-refractivity contribution in [2.75, 3.05) is 0 Å². The van der Waals surface area contributed by atoms with E-state index >= 15 is 0 Å². The third-order valence-corrected chi connectivity index (χ3v) is 4.67. The first kappa shape index (κ1) is 11.1. The number of fused-ring (bicyclic) bond motifs is 8. The van der Waals surface area contributed by atoms with Gasteiger partial charge in [-0.3, -0.25) is 0 Å². The second kappa shape index (κ2) is 3.95. The van der Waals surface area contributed by atoms with Gasteiger partial charge in [0.05, 0.1) is 0 Å². The molecule has 0 atom stereocenters. The molecule has 98 valence electrons. The predicted molar refractivity (Wildman–Crippen MR) is 91.7 cm³/mol. The molecule has 0 nitrogen and oxygen atoms in total. The Hall–Kier alpha value is -2.60. The van der Waals surface area contributed by atoms with E-state index in [-0.39, 0.29) is 0 Å². The van der Waals surface area contributed by atoms with Crippen LogP contribution in [0.2, 0.25) is 0 Å². The van der Waals surface area contributed by atoms with Gasteiger partial charge in [0.1, 0.15) is 0 Å². The molecule has 4 aromatic rings. The summed E-state index contributed by atoms with van der Waals surface area (Å²) >= 11 is 0. The first-order chi connectivity index (χ1) is 10.4. The molecule has 0 aliphatic heterocycles. The van der Waals surface area contributed by atoms with E-state index in [9.17, 15) is 0 Å². The minimum Gasteiger partial charge on any atom is -0.0795 e. The van der Waals surface area contributed by atoms with Crippen LogP contribution >= 0.6 is 0 Å². The third kappa shape index (κ3) is 1.39. The summed E-state index contributed by atoms with van der Waals surface area (Å²) in [6.07, 6.45) is 5.63. The molecular weight excluding hydrogens is 252 g/mol. The number of hydrogen-bond acceptors (Lipinski definition) is 0. The van der Waals surface area contributed by atoms with Crippen LogP contribution in [0, 0.1) is 0 Å². The van der Waals surface area contributed by atoms with Crippen molar-refractivity contribution < 1.29 is 0 Å². The molecule has 0 N–H and O–H groups in total. The van der Waals surface area contributed by atoms with Gasteiger partial charge in [-0.15, -0.1) is 0 Å². The van der Waals surface area contributed by atoms with Gasteiger partial charge in [0.25, 0.3) is 0 Å². The molecule has 21 heavy (non-hydrogen) atoms. The van der Waals surface area contributed by atoms with Crippen LogP contribution in [0.4, 0.5) is 0 Å². The van der Waals surface area contributed by atoms with E-state index in [1.54, 1.807) is 0 Å². The lowest BCUT2D eigenvalue weighted by molar-refractivity contribution is 1.36. The van der Waals surface area contributed by atoms with E-state index < -0.39 is 0 Å². The number of rotatable bonds is 0. The molecule has 0 unspecified atom stereocenters. The van der Waals surface area contributed by atoms with E-state index in [0.29, 0.717) is 0 Å². The fourth-order valence-electron chi connectivity index (χ4n) is 3.77. The summed E-state index contributed by atoms with van der Waals surface area (Å²) in [5, 5.41) is 8.27. The monoisotopic (exact) mass is 266 g/mol. The highest BCUT2D eigenvalue weighted by Gasteiger charge is 2.16. The Morgan fingerprint density at radius 1 is 0.619 bits per heavy atom. The molecule has 0 bridgehead atoms. The quantitative estimate of drug-likeness (QED) is 0.357. The zero-order valence-corrected chi connectivity index (χ0v) is 11.6. The van der Waals surface area contributed by atoms with Gasteiger partial charge in [0, 0.05) is 0 Å². The average molecular weight is 266 g/mol. The van der Waals surface area contributed by atoms with Crippen LogP contribution in [0.5, 0.6) is 0 Å². The Kier molecular flexibility index (Phi) is 2.09. The van der Waals surface area contributed by atoms with Crippen LogP contribution in [0.1, 0.15) is 11.1 Å². The van der Waals surface area contributed by atoms with Gasteiger partial charge in [-0.1, -0.05) is 72.8 Å². The van der Waals surface area contributed by atoms with Gasteiger partial charge in [0.15, 0.2) is 0 Å². The molecule has 0 heteroatoms. The molecule has 0 fully saturated rings.